The molecule has 2 aromatic rings. The van der Waals surface area contributed by atoms with Gasteiger partial charge in [-0.25, -0.2) is 9.97 Å². The fraction of sp³-hybridized carbons (Fsp3) is 0.333. The maximum atomic E-state index is 5.91. The van der Waals surface area contributed by atoms with E-state index < -0.39 is 0 Å². The van der Waals surface area contributed by atoms with Crippen LogP contribution in [0.15, 0.2) is 18.2 Å². The number of hydrogen-bond acceptors (Lipinski definition) is 3. The van der Waals surface area contributed by atoms with Crippen LogP contribution < -0.4 is 4.74 Å². The number of hydrogen-bond donors (Lipinski definition) is 0. The molecule has 2 rings (SSSR count). The number of aryl methyl sites for hydroxylation is 3. The number of nitrogens with zero attached hydrogens (tertiary/aromatic N) is 2. The maximum Gasteiger partial charge on any atom is 0.167 e. The van der Waals surface area contributed by atoms with Crippen LogP contribution in [0.3, 0.4) is 0 Å². The lowest BCUT2D eigenvalue weighted by Gasteiger charge is -2.12. The Morgan fingerprint density at radius 3 is 2.47 bits per heavy atom. The van der Waals surface area contributed by atoms with Gasteiger partial charge in [0.2, 0.25) is 0 Å². The minimum atomic E-state index is 0.325. The normalized spacial score (nSPS) is 10.6. The first-order chi connectivity index (χ1) is 8.95. The lowest BCUT2D eigenvalue weighted by Crippen LogP contribution is -2.04. The summed E-state index contributed by atoms with van der Waals surface area (Å²) in [7, 11) is 0. The predicted molar refractivity (Wildman–Crippen MR) is 76.8 cm³/mol. The molecule has 0 fully saturated rings. The fourth-order valence-corrected chi connectivity index (χ4v) is 2.20. The summed E-state index contributed by atoms with van der Waals surface area (Å²) in [5, 5.41) is 0.447. The third kappa shape index (κ3) is 3.44. The predicted octanol–water partition coefficient (Wildman–Crippen LogP) is 3.94. The number of rotatable bonds is 3. The zero-order valence-electron chi connectivity index (χ0n) is 11.6. The van der Waals surface area contributed by atoms with Crippen molar-refractivity contribution < 1.29 is 4.74 Å². The summed E-state index contributed by atoms with van der Waals surface area (Å²) in [6, 6.07) is 5.90. The van der Waals surface area contributed by atoms with E-state index >= 15 is 0 Å². The maximum absolute atomic E-state index is 5.91. The van der Waals surface area contributed by atoms with Crippen LogP contribution in [-0.4, -0.2) is 9.97 Å². The second-order valence-electron chi connectivity index (χ2n) is 4.74. The van der Waals surface area contributed by atoms with E-state index in [1.54, 1.807) is 6.07 Å². The van der Waals surface area contributed by atoms with Gasteiger partial charge < -0.3 is 4.74 Å². The number of aromatic nitrogens is 2. The van der Waals surface area contributed by atoms with Gasteiger partial charge >= 0.3 is 0 Å². The van der Waals surface area contributed by atoms with Gasteiger partial charge in [0.05, 0.1) is 0 Å². The lowest BCUT2D eigenvalue weighted by atomic mass is 10.1. The van der Waals surface area contributed by atoms with E-state index in [1.807, 2.05) is 19.9 Å². The Labute approximate surface area is 118 Å². The first kappa shape index (κ1) is 13.8. The van der Waals surface area contributed by atoms with Gasteiger partial charge in [0, 0.05) is 5.69 Å². The Kier molecular flexibility index (Phi) is 4.05. The Morgan fingerprint density at radius 1 is 1.05 bits per heavy atom. The van der Waals surface area contributed by atoms with Crippen molar-refractivity contribution in [2.75, 3.05) is 0 Å². The summed E-state index contributed by atoms with van der Waals surface area (Å²) in [5.74, 6) is 1.47. The molecule has 0 aliphatic heterocycles. The summed E-state index contributed by atoms with van der Waals surface area (Å²) in [5.41, 5.74) is 4.39. The highest BCUT2D eigenvalue weighted by Gasteiger charge is 2.06. The van der Waals surface area contributed by atoms with Crippen molar-refractivity contribution >= 4 is 11.6 Å². The minimum Gasteiger partial charge on any atom is -0.485 e. The molecule has 0 spiro atoms. The van der Waals surface area contributed by atoms with Crippen molar-refractivity contribution in [1.29, 1.82) is 0 Å². The molecular weight excluding hydrogens is 260 g/mol. The molecule has 3 nitrogen and oxygen atoms in total. The van der Waals surface area contributed by atoms with Crippen LogP contribution in [0.25, 0.3) is 0 Å². The van der Waals surface area contributed by atoms with E-state index in [0.29, 0.717) is 17.6 Å². The zero-order chi connectivity index (χ0) is 14.0. The van der Waals surface area contributed by atoms with E-state index in [2.05, 4.69) is 29.9 Å². The van der Waals surface area contributed by atoms with Crippen LogP contribution in [0.4, 0.5) is 0 Å². The monoisotopic (exact) mass is 276 g/mol. The van der Waals surface area contributed by atoms with Gasteiger partial charge in [-0.05, 0) is 56.5 Å². The third-order valence-electron chi connectivity index (χ3n) is 2.99. The van der Waals surface area contributed by atoms with Crippen molar-refractivity contribution in [3.8, 4) is 5.75 Å². The number of benzene rings is 1. The molecule has 4 heteroatoms. The molecule has 0 bridgehead atoms. The Balaban J connectivity index is 2.19. The molecule has 0 saturated carbocycles. The Bertz CT molecular complexity index is 591. The van der Waals surface area contributed by atoms with Crippen LogP contribution in [0, 0.1) is 27.7 Å². The molecule has 0 N–H and O–H groups in total. The molecule has 1 aromatic heterocycles. The minimum absolute atomic E-state index is 0.325. The van der Waals surface area contributed by atoms with Crippen molar-refractivity contribution in [1.82, 2.24) is 9.97 Å². The van der Waals surface area contributed by atoms with Gasteiger partial charge in [0.25, 0.3) is 0 Å². The molecule has 0 aliphatic carbocycles. The Morgan fingerprint density at radius 2 is 1.79 bits per heavy atom. The lowest BCUT2D eigenvalue weighted by molar-refractivity contribution is 0.293. The topological polar surface area (TPSA) is 35.0 Å². The summed E-state index contributed by atoms with van der Waals surface area (Å²) in [6.07, 6.45) is 0. The second kappa shape index (κ2) is 5.57. The van der Waals surface area contributed by atoms with E-state index in [-0.39, 0.29) is 0 Å². The van der Waals surface area contributed by atoms with Crippen molar-refractivity contribution in [2.24, 2.45) is 0 Å². The third-order valence-corrected chi connectivity index (χ3v) is 3.18. The van der Waals surface area contributed by atoms with Gasteiger partial charge in [0.15, 0.2) is 5.82 Å². The van der Waals surface area contributed by atoms with Crippen LogP contribution in [0.5, 0.6) is 5.75 Å². The molecule has 0 unspecified atom stereocenters. The second-order valence-corrected chi connectivity index (χ2v) is 5.13. The van der Waals surface area contributed by atoms with Gasteiger partial charge in [0.1, 0.15) is 17.5 Å². The molecule has 1 aromatic carbocycles. The highest BCUT2D eigenvalue weighted by atomic mass is 35.5. The van der Waals surface area contributed by atoms with Crippen LogP contribution in [0.2, 0.25) is 5.15 Å². The smallest absolute Gasteiger partial charge is 0.167 e. The van der Waals surface area contributed by atoms with Crippen LogP contribution in [-0.2, 0) is 6.61 Å². The SMILES string of the molecule is Cc1cc(C)c(C)c(OCc2nc(C)cc(Cl)n2)c1. The summed E-state index contributed by atoms with van der Waals surface area (Å²) >= 11 is 5.91. The molecular formula is C15H17ClN2O. The van der Waals surface area contributed by atoms with Gasteiger partial charge in [-0.15, -0.1) is 0 Å². The summed E-state index contributed by atoms with van der Waals surface area (Å²) in [4.78, 5) is 8.46. The zero-order valence-corrected chi connectivity index (χ0v) is 12.4. The van der Waals surface area contributed by atoms with Gasteiger partial charge in [-0.2, -0.15) is 0 Å². The molecule has 0 atom stereocenters. The number of halogens is 1. The first-order valence-electron chi connectivity index (χ1n) is 6.16. The summed E-state index contributed by atoms with van der Waals surface area (Å²) < 4.78 is 5.81. The van der Waals surface area contributed by atoms with Crippen molar-refractivity contribution in [3.63, 3.8) is 0 Å². The van der Waals surface area contributed by atoms with Crippen LogP contribution >= 0.6 is 11.6 Å². The molecule has 100 valence electrons. The standard InChI is InChI=1S/C15H17ClN2O/c1-9-5-10(2)12(4)13(6-9)19-8-15-17-11(3)7-14(16)18-15/h5-7H,8H2,1-4H3. The first-order valence-corrected chi connectivity index (χ1v) is 6.54. The van der Waals surface area contributed by atoms with Crippen LogP contribution in [0.1, 0.15) is 28.2 Å². The largest absolute Gasteiger partial charge is 0.485 e. The average molecular weight is 277 g/mol. The molecule has 1 heterocycles. The van der Waals surface area contributed by atoms with Crippen molar-refractivity contribution in [2.45, 2.75) is 34.3 Å². The average Bonchev–Trinajstić information content (AvgIpc) is 2.30. The Hall–Kier alpha value is -1.61. The van der Waals surface area contributed by atoms with Gasteiger partial charge in [-0.1, -0.05) is 17.7 Å². The quantitative estimate of drug-likeness (QED) is 0.797. The molecule has 0 amide bonds. The molecule has 19 heavy (non-hydrogen) atoms. The van der Waals surface area contributed by atoms with E-state index in [0.717, 1.165) is 17.0 Å². The van der Waals surface area contributed by atoms with Gasteiger partial charge in [-0.3, -0.25) is 0 Å². The number of ether oxygens (including phenoxy) is 1. The summed E-state index contributed by atoms with van der Waals surface area (Å²) in [6.45, 7) is 8.40. The van der Waals surface area contributed by atoms with E-state index in [4.69, 9.17) is 16.3 Å². The molecule has 0 saturated heterocycles. The van der Waals surface area contributed by atoms with E-state index in [9.17, 15) is 0 Å². The van der Waals surface area contributed by atoms with E-state index in [1.165, 1.54) is 11.1 Å². The highest BCUT2D eigenvalue weighted by molar-refractivity contribution is 6.29. The van der Waals surface area contributed by atoms with Crippen molar-refractivity contribution in [3.05, 3.63) is 51.6 Å². The molecule has 0 radical (unpaired) electrons. The molecule has 0 aliphatic rings. The highest BCUT2D eigenvalue weighted by Crippen LogP contribution is 2.24. The fourth-order valence-electron chi connectivity index (χ4n) is 1.95.